The van der Waals surface area contributed by atoms with Crippen LogP contribution in [0.2, 0.25) is 0 Å². The minimum atomic E-state index is 0.247. The van der Waals surface area contributed by atoms with Crippen molar-refractivity contribution in [2.24, 2.45) is 7.05 Å². The second-order valence-corrected chi connectivity index (χ2v) is 34.6. The van der Waals surface area contributed by atoms with E-state index in [2.05, 4.69) is 205 Å². The Morgan fingerprint density at radius 2 is 0.647 bits per heavy atom. The van der Waals surface area contributed by atoms with Crippen molar-refractivity contribution in [1.82, 2.24) is 87.8 Å². The van der Waals surface area contributed by atoms with E-state index in [-0.39, 0.29) is 12.4 Å². The van der Waals surface area contributed by atoms with Gasteiger partial charge in [0.15, 0.2) is 22.6 Å². The van der Waals surface area contributed by atoms with Crippen LogP contribution in [0.15, 0.2) is 279 Å². The highest BCUT2D eigenvalue weighted by atomic mass is 16.5. The molecule has 0 saturated carbocycles. The molecule has 0 amide bonds. The number of phenols is 1. The number of methoxy groups -OCH3 is 1. The molecule has 0 spiro atoms. The molecule has 4 fully saturated rings. The van der Waals surface area contributed by atoms with Crippen LogP contribution < -0.4 is 30.7 Å². The van der Waals surface area contributed by atoms with Gasteiger partial charge in [0.1, 0.15) is 23.9 Å². The van der Waals surface area contributed by atoms with E-state index in [0.717, 1.165) is 139 Å². The van der Waals surface area contributed by atoms with Crippen LogP contribution in [0.4, 0.5) is 46.5 Å². The Morgan fingerprint density at radius 3 is 0.962 bits per heavy atom. The standard InChI is InChI=1S/C29H31N7.C28H29N5O.C26H29N5O.C25H27N5O/c1-34-21-25(20-30-34)23-11-13-24(14-12-23)27-7-4-8-28-32-29(33-36(27)28)31-26-15-9-22(10-16-26)6-5-19-35-17-2-3-18-35;1-2-21-34-25-16-12-23(13-17-25)26-8-5-9-27-30-28(31-33(26)27)29-24-14-10-22(11-15-24)7-6-20-32-18-3-4-19-32;1-32-23-9-4-8-21(19-23)24-10-5-11-25-28-26(29-31(24)25)27-22-14-12-20(13-15-22)7-6-18-30-16-2-3-17-30;31-22-14-10-20(11-15-22)23-6-3-7-24-27-25(28-30(23)24)26-21-12-8-19(9-13-21)5-4-18-29-16-1-2-17-29/h4,7-16,20-21H,2-3,5-6,17-19H2,1H3,(H,31,33);1,5,8-17H,3-4,6-7,18-21H2,(H,29,31);4-5,8-15,19H,2-3,6-7,16-18H2,1H3,(H,27,29);3,6-15,31H,1-2,4-5,16-18H2,(H,26,28). The van der Waals surface area contributed by atoms with E-state index in [1.165, 1.54) is 178 Å². The Balaban J connectivity index is 0.000000119. The van der Waals surface area contributed by atoms with E-state index in [9.17, 15) is 5.11 Å². The number of aromatic hydroxyl groups is 1. The molecule has 25 heteroatoms. The maximum absolute atomic E-state index is 9.55. The summed E-state index contributed by atoms with van der Waals surface area (Å²) in [6.45, 7) is 15.2. The van der Waals surface area contributed by atoms with Gasteiger partial charge in [-0.05, 0) is 367 Å². The lowest BCUT2D eigenvalue weighted by atomic mass is 10.1. The van der Waals surface area contributed by atoms with Crippen LogP contribution in [0, 0.1) is 12.3 Å². The molecule has 21 rings (SSSR count). The zero-order chi connectivity index (χ0) is 90.3. The molecule has 0 bridgehead atoms. The minimum absolute atomic E-state index is 0.247. The van der Waals surface area contributed by atoms with E-state index in [1.54, 1.807) is 19.2 Å². The van der Waals surface area contributed by atoms with Gasteiger partial charge >= 0.3 is 0 Å². The number of phenolic OH excluding ortho intramolecular Hbond substituents is 1. The number of nitrogens with one attached hydrogen (secondary N) is 4. The Morgan fingerprint density at radius 1 is 0.338 bits per heavy atom. The summed E-state index contributed by atoms with van der Waals surface area (Å²) < 4.78 is 20.1. The van der Waals surface area contributed by atoms with E-state index in [4.69, 9.17) is 36.2 Å². The van der Waals surface area contributed by atoms with E-state index in [1.807, 2.05) is 164 Å². The zero-order valence-corrected chi connectivity index (χ0v) is 76.0. The molecule has 4 aliphatic rings. The predicted molar refractivity (Wildman–Crippen MR) is 533 cm³/mol. The number of anilines is 8. The number of rotatable bonds is 32. The maximum Gasteiger partial charge on any atom is 0.247 e. The maximum atomic E-state index is 9.55. The summed E-state index contributed by atoms with van der Waals surface area (Å²) >= 11 is 0. The SMILES string of the molecule is C#CCOc1ccc(-c2cccc3nc(Nc4ccc(CCCN5CCCC5)cc4)nn23)cc1.COc1cccc(-c2cccc3nc(Nc4ccc(CCCN5CCCC5)cc4)nn23)c1.Cn1cc(-c2ccc(-c3cccc4nc(Nc5ccc(CCCN6CCCC6)cc5)nn34)cc2)cn1.Oc1ccc(-c2cccc3nc(Nc4ccc(CCCN5CCCC5)cc4)nn23)cc1. The molecule has 13 heterocycles. The van der Waals surface area contributed by atoms with Gasteiger partial charge in [0.25, 0.3) is 0 Å². The van der Waals surface area contributed by atoms with Crippen LogP contribution in [0.1, 0.15) is 99.3 Å². The lowest BCUT2D eigenvalue weighted by Gasteiger charge is -2.14. The number of hydrogen-bond donors (Lipinski definition) is 5. The lowest BCUT2D eigenvalue weighted by Crippen LogP contribution is -2.20. The monoisotopic (exact) mass is 1770 g/mol. The fourth-order valence-electron chi connectivity index (χ4n) is 18.0. The molecule has 17 aromatic rings. The second-order valence-electron chi connectivity index (χ2n) is 34.6. The van der Waals surface area contributed by atoms with Gasteiger partial charge in [0, 0.05) is 63.8 Å². The molecule has 9 aromatic heterocycles. The van der Waals surface area contributed by atoms with Crippen molar-refractivity contribution in [2.75, 3.05) is 114 Å². The molecule has 676 valence electrons. The van der Waals surface area contributed by atoms with Crippen molar-refractivity contribution < 1.29 is 14.6 Å². The molecule has 0 unspecified atom stereocenters. The van der Waals surface area contributed by atoms with Crippen LogP contribution in [-0.2, 0) is 32.7 Å². The van der Waals surface area contributed by atoms with Crippen molar-refractivity contribution in [1.29, 1.82) is 0 Å². The first-order valence-corrected chi connectivity index (χ1v) is 47.0. The molecule has 0 aliphatic carbocycles. The third-order valence-corrected chi connectivity index (χ3v) is 25.1. The number of pyridine rings is 4. The summed E-state index contributed by atoms with van der Waals surface area (Å²) in [5.41, 5.74) is 22.8. The number of benzene rings is 8. The number of ether oxygens (including phenoxy) is 2. The fraction of sp³-hybridized carbons (Fsp3) is 0.287. The quantitative estimate of drug-likeness (QED) is 0.0246. The summed E-state index contributed by atoms with van der Waals surface area (Å²) in [5.74, 6) is 6.60. The summed E-state index contributed by atoms with van der Waals surface area (Å²) in [7, 11) is 3.61. The lowest BCUT2D eigenvalue weighted by molar-refractivity contribution is 0.334. The number of aromatic nitrogens is 14. The molecule has 0 radical (unpaired) electrons. The first kappa shape index (κ1) is 89.1. The van der Waals surface area contributed by atoms with Crippen molar-refractivity contribution in [3.63, 3.8) is 0 Å². The Kier molecular flexibility index (Phi) is 29.4. The van der Waals surface area contributed by atoms with Gasteiger partial charge in [-0.1, -0.05) is 115 Å². The summed E-state index contributed by atoms with van der Waals surface area (Å²) in [6, 6.07) is 89.7. The predicted octanol–water partition coefficient (Wildman–Crippen LogP) is 20.8. The first-order valence-electron chi connectivity index (χ1n) is 47.0. The topological polar surface area (TPSA) is 238 Å². The molecular formula is C108H116N22O3. The highest BCUT2D eigenvalue weighted by Crippen LogP contribution is 2.33. The van der Waals surface area contributed by atoms with Crippen molar-refractivity contribution >= 4 is 69.1 Å². The third-order valence-electron chi connectivity index (χ3n) is 25.1. The van der Waals surface area contributed by atoms with Crippen LogP contribution >= 0.6 is 0 Å². The third kappa shape index (κ3) is 23.8. The smallest absolute Gasteiger partial charge is 0.247 e. The number of fused-ring (bicyclic) bond motifs is 4. The van der Waals surface area contributed by atoms with Gasteiger partial charge < -0.3 is 55.4 Å². The molecule has 5 N–H and O–H groups in total. The summed E-state index contributed by atoms with van der Waals surface area (Å²) in [5, 5.41) is 46.0. The summed E-state index contributed by atoms with van der Waals surface area (Å²) in [4.78, 5) is 28.9. The number of terminal acetylenes is 1. The van der Waals surface area contributed by atoms with Gasteiger partial charge in [0.05, 0.1) is 36.1 Å². The number of hydrogen-bond acceptors (Lipinski definition) is 20. The largest absolute Gasteiger partial charge is 0.508 e. The van der Waals surface area contributed by atoms with E-state index < -0.39 is 0 Å². The highest BCUT2D eigenvalue weighted by molar-refractivity contribution is 5.72. The highest BCUT2D eigenvalue weighted by Gasteiger charge is 2.20. The minimum Gasteiger partial charge on any atom is -0.508 e. The van der Waals surface area contributed by atoms with E-state index >= 15 is 0 Å². The van der Waals surface area contributed by atoms with Gasteiger partial charge in [-0.15, -0.1) is 26.8 Å². The molecule has 4 saturated heterocycles. The van der Waals surface area contributed by atoms with Gasteiger partial charge in [-0.3, -0.25) is 4.68 Å². The summed E-state index contributed by atoms with van der Waals surface area (Å²) in [6.07, 6.45) is 29.3. The Bertz CT molecular complexity index is 6640. The van der Waals surface area contributed by atoms with Gasteiger partial charge in [-0.2, -0.15) is 25.0 Å². The Labute approximate surface area is 777 Å². The number of nitrogens with zero attached hydrogens (tertiary/aromatic N) is 18. The molecule has 25 nitrogen and oxygen atoms in total. The number of aryl methyl sites for hydroxylation is 5. The van der Waals surface area contributed by atoms with Crippen molar-refractivity contribution in [2.45, 2.75) is 103 Å². The molecule has 8 aromatic carbocycles. The van der Waals surface area contributed by atoms with E-state index in [0.29, 0.717) is 23.8 Å². The Hall–Kier alpha value is -14.6. The zero-order valence-electron chi connectivity index (χ0n) is 76.0. The fourth-order valence-corrected chi connectivity index (χ4v) is 18.0. The van der Waals surface area contributed by atoms with Crippen LogP contribution in [0.5, 0.6) is 17.2 Å². The molecule has 133 heavy (non-hydrogen) atoms. The normalized spacial score (nSPS) is 14.1. The average Bonchev–Trinajstić information content (AvgIpc) is 1.66. The van der Waals surface area contributed by atoms with Gasteiger partial charge in [-0.25, -0.2) is 18.1 Å². The van der Waals surface area contributed by atoms with Crippen LogP contribution in [0.25, 0.3) is 78.7 Å². The van der Waals surface area contributed by atoms with Crippen LogP contribution in [-0.4, -0.2) is 185 Å². The van der Waals surface area contributed by atoms with Gasteiger partial charge in [0.2, 0.25) is 23.8 Å². The average molecular weight is 1770 g/mol. The number of likely N-dealkylation sites (tertiary alicyclic amines) is 4. The molecular weight excluding hydrogens is 1650 g/mol. The van der Waals surface area contributed by atoms with Crippen molar-refractivity contribution in [3.05, 3.63) is 302 Å². The first-order chi connectivity index (χ1) is 65.5. The molecule has 0 atom stereocenters. The second kappa shape index (κ2) is 43.9. The molecule has 4 aliphatic heterocycles. The van der Waals surface area contributed by atoms with Crippen LogP contribution in [0.3, 0.4) is 0 Å². The van der Waals surface area contributed by atoms with Crippen molar-refractivity contribution in [3.8, 4) is 85.7 Å².